The van der Waals surface area contributed by atoms with Crippen LogP contribution in [0, 0.1) is 6.92 Å². The van der Waals surface area contributed by atoms with Crippen molar-refractivity contribution in [2.24, 2.45) is 0 Å². The second-order valence-corrected chi connectivity index (χ2v) is 9.01. The van der Waals surface area contributed by atoms with Crippen molar-refractivity contribution in [3.05, 3.63) is 82.0 Å². The van der Waals surface area contributed by atoms with E-state index in [4.69, 9.17) is 9.72 Å². The van der Waals surface area contributed by atoms with E-state index in [2.05, 4.69) is 81.5 Å². The van der Waals surface area contributed by atoms with E-state index in [9.17, 15) is 0 Å². The number of nitrogens with one attached hydrogen (secondary N) is 1. The van der Waals surface area contributed by atoms with Gasteiger partial charge in [-0.25, -0.2) is 0 Å². The van der Waals surface area contributed by atoms with Crippen LogP contribution in [0.2, 0.25) is 0 Å². The zero-order valence-corrected chi connectivity index (χ0v) is 20.7. The summed E-state index contributed by atoms with van der Waals surface area (Å²) in [5.74, 6) is 0.985. The summed E-state index contributed by atoms with van der Waals surface area (Å²) in [6, 6.07) is 18.1. The van der Waals surface area contributed by atoms with Gasteiger partial charge >= 0.3 is 0 Å². The van der Waals surface area contributed by atoms with E-state index in [1.807, 2.05) is 0 Å². The van der Waals surface area contributed by atoms with Crippen LogP contribution in [0.3, 0.4) is 0 Å². The first-order chi connectivity index (χ1) is 16.2. The van der Waals surface area contributed by atoms with Crippen molar-refractivity contribution < 1.29 is 4.74 Å². The summed E-state index contributed by atoms with van der Waals surface area (Å²) in [5, 5.41) is 3.82. The van der Waals surface area contributed by atoms with Crippen LogP contribution in [-0.2, 0) is 25.7 Å². The van der Waals surface area contributed by atoms with Gasteiger partial charge in [0.05, 0.1) is 12.3 Å². The Hall–Kier alpha value is -2.65. The molecule has 0 amide bonds. The lowest BCUT2D eigenvalue weighted by molar-refractivity contribution is 0.335. The van der Waals surface area contributed by atoms with Crippen molar-refractivity contribution in [2.75, 3.05) is 13.2 Å². The topological polar surface area (TPSA) is 34.1 Å². The van der Waals surface area contributed by atoms with E-state index in [0.29, 0.717) is 12.6 Å². The van der Waals surface area contributed by atoms with Crippen LogP contribution in [0.1, 0.15) is 73.2 Å². The molecule has 0 spiro atoms. The van der Waals surface area contributed by atoms with Crippen molar-refractivity contribution in [1.29, 1.82) is 0 Å². The minimum atomic E-state index is 0.446. The summed E-state index contributed by atoms with van der Waals surface area (Å²) in [7, 11) is 0. The van der Waals surface area contributed by atoms with Gasteiger partial charge in [-0.1, -0.05) is 56.3 Å². The zero-order chi connectivity index (χ0) is 23.2. The molecule has 1 atom stereocenters. The number of benzene rings is 2. The molecule has 3 aromatic rings. The molecule has 1 aromatic heterocycles. The predicted molar refractivity (Wildman–Crippen MR) is 138 cm³/mol. The molecule has 174 valence electrons. The Morgan fingerprint density at radius 1 is 1.00 bits per heavy atom. The van der Waals surface area contributed by atoms with Crippen molar-refractivity contribution >= 4 is 0 Å². The monoisotopic (exact) mass is 442 g/mol. The maximum absolute atomic E-state index is 6.16. The van der Waals surface area contributed by atoms with Crippen LogP contribution in [0.5, 0.6) is 5.75 Å². The Bertz CT molecular complexity index is 1070. The third-order valence-corrected chi connectivity index (χ3v) is 6.98. The minimum Gasteiger partial charge on any atom is -0.493 e. The van der Waals surface area contributed by atoms with Gasteiger partial charge in [0.15, 0.2) is 0 Å². The molecule has 1 aliphatic rings. The third-order valence-electron chi connectivity index (χ3n) is 6.98. The highest BCUT2D eigenvalue weighted by Crippen LogP contribution is 2.34. The first-order valence-electron chi connectivity index (χ1n) is 12.7. The molecule has 0 fully saturated rings. The third kappa shape index (κ3) is 5.14. The molecule has 1 aliphatic carbocycles. The summed E-state index contributed by atoms with van der Waals surface area (Å²) >= 11 is 0. The second-order valence-electron chi connectivity index (χ2n) is 9.01. The molecule has 1 heterocycles. The number of ether oxygens (including phenoxy) is 1. The molecule has 0 aliphatic heterocycles. The van der Waals surface area contributed by atoms with E-state index in [1.165, 1.54) is 52.6 Å². The fourth-order valence-corrected chi connectivity index (χ4v) is 5.30. The summed E-state index contributed by atoms with van der Waals surface area (Å²) in [6.45, 7) is 10.2. The van der Waals surface area contributed by atoms with Crippen LogP contribution < -0.4 is 10.1 Å². The molecule has 3 nitrogen and oxygen atoms in total. The Kier molecular flexibility index (Phi) is 7.82. The Morgan fingerprint density at radius 3 is 2.48 bits per heavy atom. The Labute approximate surface area is 199 Å². The van der Waals surface area contributed by atoms with Crippen LogP contribution in [0.4, 0.5) is 0 Å². The molecule has 2 aromatic carbocycles. The van der Waals surface area contributed by atoms with Crippen molar-refractivity contribution in [2.45, 2.75) is 72.3 Å². The van der Waals surface area contributed by atoms with Crippen molar-refractivity contribution in [3.63, 3.8) is 0 Å². The maximum atomic E-state index is 6.16. The number of aryl methyl sites for hydroxylation is 4. The maximum Gasteiger partial charge on any atom is 0.126 e. The van der Waals surface area contributed by atoms with Crippen LogP contribution in [0.25, 0.3) is 11.3 Å². The summed E-state index contributed by atoms with van der Waals surface area (Å²) < 4.78 is 6.16. The van der Waals surface area contributed by atoms with Crippen molar-refractivity contribution in [1.82, 2.24) is 10.3 Å². The van der Waals surface area contributed by atoms with Crippen LogP contribution in [0.15, 0.2) is 48.5 Å². The highest BCUT2D eigenvalue weighted by atomic mass is 16.5. The van der Waals surface area contributed by atoms with Gasteiger partial charge in [-0.2, -0.15) is 0 Å². The Balaban J connectivity index is 1.58. The average molecular weight is 443 g/mol. The molecule has 33 heavy (non-hydrogen) atoms. The van der Waals surface area contributed by atoms with Gasteiger partial charge in [-0.3, -0.25) is 4.98 Å². The quantitative estimate of drug-likeness (QED) is 0.396. The highest BCUT2D eigenvalue weighted by Gasteiger charge is 2.20. The minimum absolute atomic E-state index is 0.446. The molecule has 0 radical (unpaired) electrons. The van der Waals surface area contributed by atoms with E-state index in [1.54, 1.807) is 0 Å². The molecule has 4 rings (SSSR count). The lowest BCUT2D eigenvalue weighted by atomic mass is 9.87. The van der Waals surface area contributed by atoms with Gasteiger partial charge in [-0.15, -0.1) is 0 Å². The first-order valence-corrected chi connectivity index (χ1v) is 12.7. The van der Waals surface area contributed by atoms with Crippen molar-refractivity contribution in [3.8, 4) is 17.0 Å². The summed E-state index contributed by atoms with van der Waals surface area (Å²) in [5.41, 5.74) is 10.3. The summed E-state index contributed by atoms with van der Waals surface area (Å²) in [6.07, 6.45) is 6.59. The molecule has 0 unspecified atom stereocenters. The lowest BCUT2D eigenvalue weighted by Crippen LogP contribution is -2.27. The van der Waals surface area contributed by atoms with Gasteiger partial charge in [-0.05, 0) is 81.2 Å². The predicted octanol–water partition coefficient (Wildman–Crippen LogP) is 6.79. The molecule has 1 N–H and O–H groups in total. The molecule has 3 heteroatoms. The van der Waals surface area contributed by atoms with E-state index in [-0.39, 0.29) is 0 Å². The number of hydrogen-bond acceptors (Lipinski definition) is 3. The van der Waals surface area contributed by atoms with Crippen LogP contribution >= 0.6 is 0 Å². The normalized spacial score (nSPS) is 15.3. The molecule has 0 bridgehead atoms. The second kappa shape index (κ2) is 11.0. The first kappa shape index (κ1) is 23.5. The average Bonchev–Trinajstić information content (AvgIpc) is 2.85. The lowest BCUT2D eigenvalue weighted by Gasteiger charge is -2.26. The highest BCUT2D eigenvalue weighted by molar-refractivity contribution is 5.70. The van der Waals surface area contributed by atoms with E-state index < -0.39 is 0 Å². The molecular weight excluding hydrogens is 404 g/mol. The van der Waals surface area contributed by atoms with Gasteiger partial charge in [0.1, 0.15) is 5.75 Å². The number of rotatable bonds is 9. The number of hydrogen-bond donors (Lipinski definition) is 1. The van der Waals surface area contributed by atoms with Crippen LogP contribution in [-0.4, -0.2) is 18.1 Å². The number of pyridine rings is 1. The zero-order valence-electron chi connectivity index (χ0n) is 20.7. The van der Waals surface area contributed by atoms with Gasteiger partial charge < -0.3 is 10.1 Å². The molecule has 0 saturated carbocycles. The summed E-state index contributed by atoms with van der Waals surface area (Å²) in [4.78, 5) is 5.10. The van der Waals surface area contributed by atoms with E-state index in [0.717, 1.165) is 42.9 Å². The van der Waals surface area contributed by atoms with Gasteiger partial charge in [0, 0.05) is 28.9 Å². The Morgan fingerprint density at radius 2 is 1.76 bits per heavy atom. The molecular formula is C30H38N2O. The number of aromatic nitrogens is 1. The van der Waals surface area contributed by atoms with Gasteiger partial charge in [0.25, 0.3) is 0 Å². The molecule has 0 saturated heterocycles. The SMILES string of the molecule is CCOc1cc(-c2c(CC)cccc2CC)nc(C)c1CCN[C@H]1CCCc2ccccc21. The number of fused-ring (bicyclic) bond motifs is 1. The van der Waals surface area contributed by atoms with Gasteiger partial charge in [0.2, 0.25) is 0 Å². The fraction of sp³-hybridized carbons (Fsp3) is 0.433. The largest absolute Gasteiger partial charge is 0.493 e. The standard InChI is InChI=1S/C30H38N2O/c1-5-22-13-10-14-23(6-2)30(22)28-20-29(33-7-3)25(21(4)32-28)18-19-31-27-17-11-15-24-12-8-9-16-26(24)27/h8-10,12-14,16,20,27,31H,5-7,11,15,17-19H2,1-4H3/t27-/m0/s1. The van der Waals surface area contributed by atoms with E-state index >= 15 is 0 Å². The fourth-order valence-electron chi connectivity index (χ4n) is 5.30. The smallest absolute Gasteiger partial charge is 0.126 e. The number of nitrogens with zero attached hydrogens (tertiary/aromatic N) is 1.